The van der Waals surface area contributed by atoms with E-state index in [-0.39, 0.29) is 36.4 Å². The largest absolute Gasteiger partial charge is 0.338 e. The van der Waals surface area contributed by atoms with Crippen LogP contribution in [0.2, 0.25) is 0 Å². The van der Waals surface area contributed by atoms with Gasteiger partial charge >= 0.3 is 0 Å². The van der Waals surface area contributed by atoms with E-state index in [1.165, 1.54) is 37.1 Å². The van der Waals surface area contributed by atoms with Crippen molar-refractivity contribution in [2.45, 2.75) is 12.8 Å². The number of nitro groups is 1. The molecule has 142 valence electrons. The number of aromatic nitrogens is 2. The van der Waals surface area contributed by atoms with Gasteiger partial charge in [0.05, 0.1) is 18.0 Å². The first-order valence-corrected chi connectivity index (χ1v) is 8.18. The molecule has 1 saturated heterocycles. The van der Waals surface area contributed by atoms with E-state index < -0.39 is 10.8 Å². The molecule has 1 amide bonds. The Hall–Kier alpha value is -2.96. The normalized spacial score (nSPS) is 13.3. The topological polar surface area (TPSA) is 114 Å². The summed E-state index contributed by atoms with van der Waals surface area (Å²) in [5, 5.41) is 16.9. The molecule has 1 fully saturated rings. The van der Waals surface area contributed by atoms with Crippen LogP contribution in [0.5, 0.6) is 0 Å². The summed E-state index contributed by atoms with van der Waals surface area (Å²) in [7, 11) is 0. The molecule has 0 unspecified atom stereocenters. The van der Waals surface area contributed by atoms with Gasteiger partial charge < -0.3 is 9.84 Å². The average molecular weight is 392 g/mol. The predicted molar refractivity (Wildman–Crippen MR) is 99.4 cm³/mol. The number of nitrogens with one attached hydrogen (secondary N) is 1. The molecule has 1 aromatic carbocycles. The number of amides is 1. The summed E-state index contributed by atoms with van der Waals surface area (Å²) in [5.74, 6) is 5.43. The molecule has 1 aromatic heterocycles. The summed E-state index contributed by atoms with van der Waals surface area (Å²) < 4.78 is 5.03. The van der Waals surface area contributed by atoms with E-state index in [4.69, 9.17) is 4.52 Å². The van der Waals surface area contributed by atoms with Gasteiger partial charge in [-0.25, -0.2) is 0 Å². The van der Waals surface area contributed by atoms with Gasteiger partial charge in [0.25, 0.3) is 23.3 Å². The van der Waals surface area contributed by atoms with Crippen molar-refractivity contribution in [2.24, 2.45) is 0 Å². The molecule has 1 aliphatic rings. The highest BCUT2D eigenvalue weighted by molar-refractivity contribution is 5.90. The lowest BCUT2D eigenvalue weighted by Gasteiger charge is -2.08. The van der Waals surface area contributed by atoms with Crippen molar-refractivity contribution >= 4 is 24.0 Å². The molecule has 0 radical (unpaired) electrons. The van der Waals surface area contributed by atoms with Gasteiger partial charge in [0.15, 0.2) is 0 Å². The van der Waals surface area contributed by atoms with Gasteiger partial charge in [-0.15, -0.1) is 12.4 Å². The number of carbonyl (C=O) groups excluding carboxylic acids is 1. The molecular formula is C17H18ClN5O4. The number of carbonyl (C=O) groups is 1. The summed E-state index contributed by atoms with van der Waals surface area (Å²) in [5.41, 5.74) is 0.450. The zero-order valence-corrected chi connectivity index (χ0v) is 15.2. The highest BCUT2D eigenvalue weighted by Gasteiger charge is 2.16. The third-order valence-electron chi connectivity index (χ3n) is 3.92. The monoisotopic (exact) mass is 391 g/mol. The molecule has 0 bridgehead atoms. The van der Waals surface area contributed by atoms with Crippen LogP contribution in [-0.2, 0) is 0 Å². The fourth-order valence-electron chi connectivity index (χ4n) is 2.53. The summed E-state index contributed by atoms with van der Waals surface area (Å²) in [6.45, 7) is 3.07. The molecule has 27 heavy (non-hydrogen) atoms. The van der Waals surface area contributed by atoms with Crippen LogP contribution >= 0.6 is 12.4 Å². The minimum Gasteiger partial charge on any atom is -0.338 e. The minimum atomic E-state index is -0.499. The molecular weight excluding hydrogens is 374 g/mol. The number of benzene rings is 1. The van der Waals surface area contributed by atoms with E-state index >= 15 is 0 Å². The number of halogens is 1. The van der Waals surface area contributed by atoms with Gasteiger partial charge in [0, 0.05) is 17.7 Å². The Kier molecular flexibility index (Phi) is 7.28. The first-order chi connectivity index (χ1) is 12.6. The van der Waals surface area contributed by atoms with Gasteiger partial charge in [0.2, 0.25) is 0 Å². The molecule has 0 aliphatic carbocycles. The van der Waals surface area contributed by atoms with Crippen LogP contribution in [0, 0.1) is 22.0 Å². The maximum atomic E-state index is 12.0. The third kappa shape index (κ3) is 5.51. The molecule has 0 spiro atoms. The standard InChI is InChI=1S/C17H17N5O4.ClH/c23-16(18-9-1-2-10-21-11-3-4-12-21)15-19-17(26-20-15)13-5-7-14(8-6-13)22(24)25;/h5-8H,3-4,9-12H2,(H,18,23);1H. The van der Waals surface area contributed by atoms with Gasteiger partial charge in [0.1, 0.15) is 0 Å². The van der Waals surface area contributed by atoms with Gasteiger partial charge in [-0.05, 0) is 38.1 Å². The van der Waals surface area contributed by atoms with Crippen molar-refractivity contribution in [3.05, 3.63) is 40.2 Å². The number of hydrogen-bond donors (Lipinski definition) is 1. The number of hydrogen-bond acceptors (Lipinski definition) is 7. The van der Waals surface area contributed by atoms with Crippen LogP contribution in [0.15, 0.2) is 28.8 Å². The molecule has 9 nitrogen and oxygen atoms in total. The van der Waals surface area contributed by atoms with Crippen LogP contribution < -0.4 is 5.32 Å². The van der Waals surface area contributed by atoms with Crippen LogP contribution in [0.3, 0.4) is 0 Å². The SMILES string of the molecule is Cl.O=C(NCC#CCN1CCCC1)c1noc(-c2ccc([N+](=O)[O-])cc2)n1. The number of non-ortho nitro benzene ring substituents is 1. The average Bonchev–Trinajstić information content (AvgIpc) is 3.33. The first-order valence-electron chi connectivity index (χ1n) is 8.18. The summed E-state index contributed by atoms with van der Waals surface area (Å²) in [6, 6.07) is 5.62. The molecule has 2 heterocycles. The summed E-state index contributed by atoms with van der Waals surface area (Å²) in [4.78, 5) is 28.4. The number of nitrogens with zero attached hydrogens (tertiary/aromatic N) is 4. The van der Waals surface area contributed by atoms with E-state index in [0.29, 0.717) is 12.1 Å². The Balaban J connectivity index is 0.00000261. The third-order valence-corrected chi connectivity index (χ3v) is 3.92. The number of nitro benzene ring substituents is 1. The molecule has 1 N–H and O–H groups in total. The van der Waals surface area contributed by atoms with Gasteiger partial charge in [-0.2, -0.15) is 4.98 Å². The Labute approximate surface area is 161 Å². The van der Waals surface area contributed by atoms with Crippen LogP contribution in [0.4, 0.5) is 5.69 Å². The zero-order chi connectivity index (χ0) is 18.4. The Morgan fingerprint density at radius 3 is 2.63 bits per heavy atom. The van der Waals surface area contributed by atoms with E-state index in [0.717, 1.165) is 13.1 Å². The molecule has 1 aliphatic heterocycles. The van der Waals surface area contributed by atoms with Crippen LogP contribution in [0.1, 0.15) is 23.5 Å². The lowest BCUT2D eigenvalue weighted by Crippen LogP contribution is -2.25. The molecule has 0 saturated carbocycles. The van der Waals surface area contributed by atoms with E-state index in [9.17, 15) is 14.9 Å². The van der Waals surface area contributed by atoms with Crippen molar-refractivity contribution < 1.29 is 14.2 Å². The predicted octanol–water partition coefficient (Wildman–Crippen LogP) is 1.90. The number of likely N-dealkylation sites (tertiary alicyclic amines) is 1. The molecule has 10 heteroatoms. The van der Waals surface area contributed by atoms with E-state index in [1.54, 1.807) is 0 Å². The summed E-state index contributed by atoms with van der Waals surface area (Å²) >= 11 is 0. The van der Waals surface area contributed by atoms with Crippen LogP contribution in [-0.4, -0.2) is 52.1 Å². The Morgan fingerprint density at radius 2 is 1.96 bits per heavy atom. The Bertz CT molecular complexity index is 850. The maximum absolute atomic E-state index is 12.0. The fourth-order valence-corrected chi connectivity index (χ4v) is 2.53. The van der Waals surface area contributed by atoms with Crippen LogP contribution in [0.25, 0.3) is 11.5 Å². The number of rotatable bonds is 5. The van der Waals surface area contributed by atoms with Gasteiger partial charge in [-0.1, -0.05) is 17.0 Å². The fraction of sp³-hybridized carbons (Fsp3) is 0.353. The second-order valence-corrected chi connectivity index (χ2v) is 5.75. The highest BCUT2D eigenvalue weighted by Crippen LogP contribution is 2.20. The molecule has 2 aromatic rings. The van der Waals surface area contributed by atoms with Crippen molar-refractivity contribution in [3.63, 3.8) is 0 Å². The second-order valence-electron chi connectivity index (χ2n) is 5.75. The van der Waals surface area contributed by atoms with E-state index in [1.807, 2.05) is 0 Å². The minimum absolute atomic E-state index is 0. The zero-order valence-electron chi connectivity index (χ0n) is 14.4. The Morgan fingerprint density at radius 1 is 1.26 bits per heavy atom. The second kappa shape index (κ2) is 9.66. The van der Waals surface area contributed by atoms with Crippen molar-refractivity contribution in [3.8, 4) is 23.3 Å². The lowest BCUT2D eigenvalue weighted by molar-refractivity contribution is -0.384. The summed E-state index contributed by atoms with van der Waals surface area (Å²) in [6.07, 6.45) is 2.43. The van der Waals surface area contributed by atoms with E-state index in [2.05, 4.69) is 32.2 Å². The quantitative estimate of drug-likeness (QED) is 0.470. The molecule has 0 atom stereocenters. The maximum Gasteiger partial charge on any atom is 0.293 e. The first kappa shape index (κ1) is 20.4. The van der Waals surface area contributed by atoms with Crippen molar-refractivity contribution in [1.82, 2.24) is 20.4 Å². The van der Waals surface area contributed by atoms with Crippen molar-refractivity contribution in [2.75, 3.05) is 26.2 Å². The van der Waals surface area contributed by atoms with Crippen molar-refractivity contribution in [1.29, 1.82) is 0 Å². The van der Waals surface area contributed by atoms with Gasteiger partial charge in [-0.3, -0.25) is 19.8 Å². The smallest absolute Gasteiger partial charge is 0.293 e. The molecule has 3 rings (SSSR count). The highest BCUT2D eigenvalue weighted by atomic mass is 35.5. The lowest BCUT2D eigenvalue weighted by atomic mass is 10.2.